The number of amides is 2. The number of benzene rings is 2. The number of halogens is 2. The molecule has 3 saturated carbocycles. The van der Waals surface area contributed by atoms with E-state index in [0.29, 0.717) is 30.8 Å². The zero-order valence-corrected chi connectivity index (χ0v) is 18.5. The number of hydrogen-bond donors (Lipinski definition) is 3. The highest BCUT2D eigenvalue weighted by Crippen LogP contribution is 2.60. The number of aliphatic hydroxyl groups is 1. The molecule has 2 amide bonds. The van der Waals surface area contributed by atoms with Crippen LogP contribution in [0.4, 0.5) is 4.39 Å². The van der Waals surface area contributed by atoms with Gasteiger partial charge in [-0.3, -0.25) is 9.59 Å². The van der Waals surface area contributed by atoms with Gasteiger partial charge in [0.1, 0.15) is 18.2 Å². The van der Waals surface area contributed by atoms with Crippen LogP contribution in [0.15, 0.2) is 42.5 Å². The molecule has 0 spiro atoms. The Bertz CT molecular complexity index is 1030. The monoisotopic (exact) mass is 478 g/mol. The smallest absolute Gasteiger partial charge is 0.258 e. The van der Waals surface area contributed by atoms with Crippen LogP contribution in [0.1, 0.15) is 19.3 Å². The molecule has 2 aromatic carbocycles. The molecule has 0 atom stereocenters. The first kappa shape index (κ1) is 23.1. The molecule has 0 aliphatic heterocycles. The molecule has 8 nitrogen and oxygen atoms in total. The lowest BCUT2D eigenvalue weighted by molar-refractivity contribution is -0.151. The van der Waals surface area contributed by atoms with Crippen molar-refractivity contribution in [1.82, 2.24) is 10.6 Å². The van der Waals surface area contributed by atoms with Crippen LogP contribution < -0.4 is 24.8 Å². The first-order valence-electron chi connectivity index (χ1n) is 10.5. The van der Waals surface area contributed by atoms with E-state index < -0.39 is 5.82 Å². The highest BCUT2D eigenvalue weighted by Gasteiger charge is 2.69. The molecule has 2 bridgehead atoms. The van der Waals surface area contributed by atoms with E-state index in [1.807, 2.05) is 0 Å². The standard InChI is InChI=1S/C23H24ClFN2O6/c24-16-6-5-15(9-17(16)25)32-10-20(29)26-22-12-23(13-22,14-22)27-21(30)11-33-19-4-2-1-3-18(19)31-8-7-28/h1-6,9,28H,7-8,10-14H2,(H,26,29)(H,27,30). The fraction of sp³-hybridized carbons (Fsp3) is 0.391. The molecule has 0 heterocycles. The minimum atomic E-state index is -0.614. The molecule has 10 heteroatoms. The van der Waals surface area contributed by atoms with Gasteiger partial charge < -0.3 is 30.0 Å². The Morgan fingerprint density at radius 2 is 1.52 bits per heavy atom. The van der Waals surface area contributed by atoms with E-state index in [2.05, 4.69) is 10.6 Å². The normalized spacial score (nSPS) is 22.4. The predicted octanol–water partition coefficient (Wildman–Crippen LogP) is 2.22. The summed E-state index contributed by atoms with van der Waals surface area (Å²) in [7, 11) is 0. The van der Waals surface area contributed by atoms with Crippen molar-refractivity contribution in [3.05, 3.63) is 53.3 Å². The van der Waals surface area contributed by atoms with Crippen LogP contribution in [0.5, 0.6) is 17.2 Å². The maximum atomic E-state index is 13.4. The van der Waals surface area contributed by atoms with Crippen LogP contribution in [0.25, 0.3) is 0 Å². The Hall–Kier alpha value is -3.04. The highest BCUT2D eigenvalue weighted by molar-refractivity contribution is 6.30. The maximum Gasteiger partial charge on any atom is 0.258 e. The maximum absolute atomic E-state index is 13.4. The van der Waals surface area contributed by atoms with Crippen LogP contribution in [0.3, 0.4) is 0 Å². The minimum Gasteiger partial charge on any atom is -0.487 e. The molecular weight excluding hydrogens is 455 g/mol. The second kappa shape index (κ2) is 9.44. The van der Waals surface area contributed by atoms with Crippen molar-refractivity contribution in [2.45, 2.75) is 30.3 Å². The average Bonchev–Trinajstić information content (AvgIpc) is 2.75. The molecule has 0 saturated heterocycles. The Morgan fingerprint density at radius 3 is 2.09 bits per heavy atom. The highest BCUT2D eigenvalue weighted by atomic mass is 35.5. The lowest BCUT2D eigenvalue weighted by atomic mass is 9.44. The van der Waals surface area contributed by atoms with Crippen LogP contribution in [0, 0.1) is 5.82 Å². The molecular formula is C23H24ClFN2O6. The van der Waals surface area contributed by atoms with E-state index in [9.17, 15) is 14.0 Å². The number of carbonyl (C=O) groups is 2. The summed E-state index contributed by atoms with van der Waals surface area (Å²) in [6.45, 7) is -0.410. The third kappa shape index (κ3) is 5.31. The van der Waals surface area contributed by atoms with E-state index in [0.717, 1.165) is 6.07 Å². The molecule has 176 valence electrons. The van der Waals surface area contributed by atoms with Crippen molar-refractivity contribution in [2.24, 2.45) is 0 Å². The van der Waals surface area contributed by atoms with Gasteiger partial charge in [0.05, 0.1) is 11.6 Å². The molecule has 0 unspecified atom stereocenters. The number of ether oxygens (including phenoxy) is 3. The lowest BCUT2D eigenvalue weighted by Gasteiger charge is -2.70. The van der Waals surface area contributed by atoms with Crippen molar-refractivity contribution in [1.29, 1.82) is 0 Å². The van der Waals surface area contributed by atoms with Gasteiger partial charge in [-0.2, -0.15) is 0 Å². The van der Waals surface area contributed by atoms with Crippen LogP contribution >= 0.6 is 11.6 Å². The van der Waals surface area contributed by atoms with Crippen molar-refractivity contribution in [2.75, 3.05) is 26.4 Å². The number of para-hydroxylation sites is 2. The van der Waals surface area contributed by atoms with Gasteiger partial charge >= 0.3 is 0 Å². The molecule has 0 radical (unpaired) electrons. The van der Waals surface area contributed by atoms with Crippen LogP contribution in [-0.2, 0) is 9.59 Å². The van der Waals surface area contributed by atoms with E-state index >= 15 is 0 Å². The third-order valence-electron chi connectivity index (χ3n) is 5.66. The summed E-state index contributed by atoms with van der Waals surface area (Å²) < 4.78 is 29.7. The zero-order chi connectivity index (χ0) is 23.5. The zero-order valence-electron chi connectivity index (χ0n) is 17.7. The van der Waals surface area contributed by atoms with Crippen molar-refractivity contribution in [3.63, 3.8) is 0 Å². The van der Waals surface area contributed by atoms with Crippen molar-refractivity contribution < 1.29 is 33.3 Å². The number of nitrogens with one attached hydrogen (secondary N) is 2. The van der Waals surface area contributed by atoms with Crippen LogP contribution in [-0.4, -0.2) is 54.4 Å². The van der Waals surface area contributed by atoms with Gasteiger partial charge in [0, 0.05) is 17.1 Å². The summed E-state index contributed by atoms with van der Waals surface area (Å²) in [4.78, 5) is 24.6. The lowest BCUT2D eigenvalue weighted by Crippen LogP contribution is -2.84. The average molecular weight is 479 g/mol. The summed E-state index contributed by atoms with van der Waals surface area (Å²) in [5, 5.41) is 14.8. The molecule has 3 fully saturated rings. The van der Waals surface area contributed by atoms with Gasteiger partial charge in [-0.05, 0) is 43.5 Å². The van der Waals surface area contributed by atoms with Gasteiger partial charge in [-0.1, -0.05) is 23.7 Å². The van der Waals surface area contributed by atoms with Gasteiger partial charge in [0.2, 0.25) is 0 Å². The second-order valence-corrected chi connectivity index (χ2v) is 8.77. The second-order valence-electron chi connectivity index (χ2n) is 8.36. The van der Waals surface area contributed by atoms with Gasteiger partial charge in [0.25, 0.3) is 11.8 Å². The molecule has 2 aromatic rings. The van der Waals surface area contributed by atoms with Gasteiger partial charge in [-0.25, -0.2) is 4.39 Å². The number of hydrogen-bond acceptors (Lipinski definition) is 6. The topological polar surface area (TPSA) is 106 Å². The summed E-state index contributed by atoms with van der Waals surface area (Å²) in [6, 6.07) is 10.9. The van der Waals surface area contributed by atoms with Gasteiger partial charge in [0.15, 0.2) is 24.7 Å². The van der Waals surface area contributed by atoms with E-state index in [1.165, 1.54) is 12.1 Å². The largest absolute Gasteiger partial charge is 0.487 e. The Labute approximate surface area is 195 Å². The summed E-state index contributed by atoms with van der Waals surface area (Å²) in [5.74, 6) is -0.0980. The predicted molar refractivity (Wildman–Crippen MR) is 117 cm³/mol. The third-order valence-corrected chi connectivity index (χ3v) is 5.96. The Morgan fingerprint density at radius 1 is 0.939 bits per heavy atom. The quantitative estimate of drug-likeness (QED) is 0.457. The molecule has 5 rings (SSSR count). The van der Waals surface area contributed by atoms with Crippen LogP contribution in [0.2, 0.25) is 5.02 Å². The number of carbonyl (C=O) groups excluding carboxylic acids is 2. The van der Waals surface area contributed by atoms with E-state index in [-0.39, 0.29) is 60.1 Å². The van der Waals surface area contributed by atoms with E-state index in [4.69, 9.17) is 30.9 Å². The van der Waals surface area contributed by atoms with Crippen molar-refractivity contribution in [3.8, 4) is 17.2 Å². The number of aliphatic hydroxyl groups excluding tert-OH is 1. The minimum absolute atomic E-state index is 0.0161. The first-order chi connectivity index (χ1) is 15.8. The number of rotatable bonds is 11. The van der Waals surface area contributed by atoms with Crippen molar-refractivity contribution >= 4 is 23.4 Å². The van der Waals surface area contributed by atoms with E-state index in [1.54, 1.807) is 24.3 Å². The molecule has 0 aromatic heterocycles. The summed E-state index contributed by atoms with van der Waals surface area (Å²) in [5.41, 5.74) is -0.675. The fourth-order valence-corrected chi connectivity index (χ4v) is 4.54. The molecule has 33 heavy (non-hydrogen) atoms. The molecule has 3 aliphatic carbocycles. The SMILES string of the molecule is O=C(COc1ccc(Cl)c(F)c1)NC12CC(NC(=O)COc3ccccc3OCCO)(C1)C2. The summed E-state index contributed by atoms with van der Waals surface area (Å²) >= 11 is 5.63. The Balaban J connectivity index is 1.18. The molecule has 3 aliphatic rings. The summed E-state index contributed by atoms with van der Waals surface area (Å²) in [6.07, 6.45) is 1.88. The van der Waals surface area contributed by atoms with Gasteiger partial charge in [-0.15, -0.1) is 0 Å². The first-order valence-corrected chi connectivity index (χ1v) is 10.9. The fourth-order valence-electron chi connectivity index (χ4n) is 4.42. The molecule has 3 N–H and O–H groups in total. The Kier molecular flexibility index (Phi) is 6.62.